The summed E-state index contributed by atoms with van der Waals surface area (Å²) in [7, 11) is 3.07. The molecule has 2 rings (SSSR count). The summed E-state index contributed by atoms with van der Waals surface area (Å²) >= 11 is 0. The Kier molecular flexibility index (Phi) is 5.96. The summed E-state index contributed by atoms with van der Waals surface area (Å²) in [5.41, 5.74) is 0.851. The third-order valence-corrected chi connectivity index (χ3v) is 4.28. The lowest BCUT2D eigenvalue weighted by Gasteiger charge is -2.33. The molecule has 0 bridgehead atoms. The van der Waals surface area contributed by atoms with Crippen LogP contribution < -0.4 is 9.47 Å². The first-order valence-corrected chi connectivity index (χ1v) is 7.90. The molecule has 0 spiro atoms. The van der Waals surface area contributed by atoms with Gasteiger partial charge in [-0.15, -0.1) is 0 Å². The van der Waals surface area contributed by atoms with E-state index in [-0.39, 0.29) is 25.3 Å². The standard InChI is InChI=1S/C17H22F3NO3/c1-23-14-8-12(9-15(10-14)24-2)5-6-16(22)21-7-3-4-13(11-21)17(18,19)20/h8-10,13H,3-7,11H2,1-2H3. The zero-order chi connectivity index (χ0) is 17.7. The first-order chi connectivity index (χ1) is 11.3. The minimum atomic E-state index is -4.24. The fraction of sp³-hybridized carbons (Fsp3) is 0.588. The molecule has 1 saturated heterocycles. The Morgan fingerprint density at radius 1 is 1.21 bits per heavy atom. The van der Waals surface area contributed by atoms with Crippen LogP contribution in [0.5, 0.6) is 11.5 Å². The Morgan fingerprint density at radius 2 is 1.83 bits per heavy atom. The molecule has 0 radical (unpaired) electrons. The van der Waals surface area contributed by atoms with Crippen molar-refractivity contribution < 1.29 is 27.4 Å². The molecule has 0 aliphatic carbocycles. The molecular weight excluding hydrogens is 323 g/mol. The number of ether oxygens (including phenoxy) is 2. The predicted molar refractivity (Wildman–Crippen MR) is 83.2 cm³/mol. The number of carbonyl (C=O) groups is 1. The average Bonchev–Trinajstić information content (AvgIpc) is 2.58. The molecule has 0 aromatic heterocycles. The summed E-state index contributed by atoms with van der Waals surface area (Å²) in [6.45, 7) is 0.163. The second kappa shape index (κ2) is 7.77. The van der Waals surface area contributed by atoms with Gasteiger partial charge in [0.2, 0.25) is 5.91 Å². The highest BCUT2D eigenvalue weighted by atomic mass is 19.4. The van der Waals surface area contributed by atoms with Crippen molar-refractivity contribution in [1.82, 2.24) is 4.90 Å². The molecule has 1 fully saturated rings. The molecule has 0 saturated carbocycles. The van der Waals surface area contributed by atoms with E-state index in [1.165, 1.54) is 19.1 Å². The van der Waals surface area contributed by atoms with Crippen molar-refractivity contribution in [2.45, 2.75) is 31.9 Å². The first-order valence-electron chi connectivity index (χ1n) is 7.90. The van der Waals surface area contributed by atoms with Crippen molar-refractivity contribution in [1.29, 1.82) is 0 Å². The molecule has 1 atom stereocenters. The number of piperidine rings is 1. The van der Waals surface area contributed by atoms with Gasteiger partial charge in [-0.3, -0.25) is 4.79 Å². The van der Waals surface area contributed by atoms with Crippen LogP contribution in [0.2, 0.25) is 0 Å². The van der Waals surface area contributed by atoms with Gasteiger partial charge >= 0.3 is 6.18 Å². The van der Waals surface area contributed by atoms with Gasteiger partial charge in [0.25, 0.3) is 0 Å². The van der Waals surface area contributed by atoms with Gasteiger partial charge in [0, 0.05) is 25.6 Å². The molecule has 1 amide bonds. The van der Waals surface area contributed by atoms with E-state index in [9.17, 15) is 18.0 Å². The normalized spacial score (nSPS) is 18.4. The third-order valence-electron chi connectivity index (χ3n) is 4.28. The number of amides is 1. The molecule has 134 valence electrons. The quantitative estimate of drug-likeness (QED) is 0.821. The van der Waals surface area contributed by atoms with E-state index in [2.05, 4.69) is 0 Å². The monoisotopic (exact) mass is 345 g/mol. The molecule has 4 nitrogen and oxygen atoms in total. The number of rotatable bonds is 5. The summed E-state index contributed by atoms with van der Waals surface area (Å²) in [6.07, 6.45) is -3.15. The summed E-state index contributed by atoms with van der Waals surface area (Å²) < 4.78 is 48.8. The maximum atomic E-state index is 12.8. The minimum Gasteiger partial charge on any atom is -0.497 e. The Bertz CT molecular complexity index is 552. The molecule has 1 aromatic carbocycles. The second-order valence-corrected chi connectivity index (χ2v) is 5.94. The fourth-order valence-electron chi connectivity index (χ4n) is 2.89. The van der Waals surface area contributed by atoms with Crippen molar-refractivity contribution in [2.24, 2.45) is 5.92 Å². The summed E-state index contributed by atoms with van der Waals surface area (Å²) in [6, 6.07) is 5.32. The molecule has 1 aliphatic heterocycles. The molecular formula is C17H22F3NO3. The van der Waals surface area contributed by atoms with Crippen molar-refractivity contribution in [3.05, 3.63) is 23.8 Å². The van der Waals surface area contributed by atoms with E-state index in [0.717, 1.165) is 5.56 Å². The van der Waals surface area contributed by atoms with Crippen molar-refractivity contribution in [3.63, 3.8) is 0 Å². The summed E-state index contributed by atoms with van der Waals surface area (Å²) in [5.74, 6) is -0.420. The second-order valence-electron chi connectivity index (χ2n) is 5.94. The number of methoxy groups -OCH3 is 2. The van der Waals surface area contributed by atoms with E-state index >= 15 is 0 Å². The smallest absolute Gasteiger partial charge is 0.393 e. The molecule has 1 unspecified atom stereocenters. The highest BCUT2D eigenvalue weighted by molar-refractivity contribution is 5.76. The minimum absolute atomic E-state index is 0.0976. The van der Waals surface area contributed by atoms with Crippen LogP contribution >= 0.6 is 0 Å². The summed E-state index contributed by atoms with van der Waals surface area (Å²) in [5, 5.41) is 0. The maximum Gasteiger partial charge on any atom is 0.393 e. The van der Waals surface area contributed by atoms with Gasteiger partial charge < -0.3 is 14.4 Å². The van der Waals surface area contributed by atoms with Crippen LogP contribution in [-0.4, -0.2) is 44.3 Å². The molecule has 7 heteroatoms. The number of likely N-dealkylation sites (tertiary alicyclic amines) is 1. The van der Waals surface area contributed by atoms with Gasteiger partial charge in [0.05, 0.1) is 20.1 Å². The Labute approximate surface area is 139 Å². The molecule has 1 aromatic rings. The van der Waals surface area contributed by atoms with Crippen molar-refractivity contribution >= 4 is 5.91 Å². The van der Waals surface area contributed by atoms with Crippen LogP contribution in [0.3, 0.4) is 0 Å². The number of aryl methyl sites for hydroxylation is 1. The number of nitrogens with zero attached hydrogens (tertiary/aromatic N) is 1. The maximum absolute atomic E-state index is 12.8. The number of carbonyl (C=O) groups excluding carboxylic acids is 1. The number of hydrogen-bond acceptors (Lipinski definition) is 3. The fourth-order valence-corrected chi connectivity index (χ4v) is 2.89. The highest BCUT2D eigenvalue weighted by Gasteiger charge is 2.42. The largest absolute Gasteiger partial charge is 0.497 e. The van der Waals surface area contributed by atoms with Crippen molar-refractivity contribution in [2.75, 3.05) is 27.3 Å². The zero-order valence-electron chi connectivity index (χ0n) is 13.9. The van der Waals surface area contributed by atoms with Gasteiger partial charge in [-0.05, 0) is 37.0 Å². The zero-order valence-corrected chi connectivity index (χ0v) is 13.9. The van der Waals surface area contributed by atoms with Crippen LogP contribution in [0.25, 0.3) is 0 Å². The lowest BCUT2D eigenvalue weighted by Crippen LogP contribution is -2.44. The van der Waals surface area contributed by atoms with Gasteiger partial charge in [-0.25, -0.2) is 0 Å². The molecule has 24 heavy (non-hydrogen) atoms. The predicted octanol–water partition coefficient (Wildman–Crippen LogP) is 3.44. The molecule has 1 heterocycles. The van der Waals surface area contributed by atoms with Gasteiger partial charge in [0.1, 0.15) is 11.5 Å². The average molecular weight is 345 g/mol. The Balaban J connectivity index is 1.95. The van der Waals surface area contributed by atoms with E-state index < -0.39 is 12.1 Å². The number of benzene rings is 1. The molecule has 0 N–H and O–H groups in total. The van der Waals surface area contributed by atoms with Crippen molar-refractivity contribution in [3.8, 4) is 11.5 Å². The lowest BCUT2D eigenvalue weighted by molar-refractivity contribution is -0.188. The topological polar surface area (TPSA) is 38.8 Å². The number of halogens is 3. The summed E-state index contributed by atoms with van der Waals surface area (Å²) in [4.78, 5) is 13.6. The van der Waals surface area contributed by atoms with Crippen LogP contribution in [0.15, 0.2) is 18.2 Å². The number of hydrogen-bond donors (Lipinski definition) is 0. The third kappa shape index (κ3) is 4.79. The van der Waals surface area contributed by atoms with Crippen LogP contribution in [-0.2, 0) is 11.2 Å². The van der Waals surface area contributed by atoms with Crippen LogP contribution in [0, 0.1) is 5.92 Å². The van der Waals surface area contributed by atoms with E-state index in [1.54, 1.807) is 18.2 Å². The van der Waals surface area contributed by atoms with E-state index in [1.807, 2.05) is 0 Å². The van der Waals surface area contributed by atoms with Gasteiger partial charge in [-0.1, -0.05) is 0 Å². The lowest BCUT2D eigenvalue weighted by atomic mass is 9.97. The van der Waals surface area contributed by atoms with E-state index in [4.69, 9.17) is 9.47 Å². The Hall–Kier alpha value is -1.92. The van der Waals surface area contributed by atoms with E-state index in [0.29, 0.717) is 30.9 Å². The first kappa shape index (κ1) is 18.4. The highest BCUT2D eigenvalue weighted by Crippen LogP contribution is 2.33. The molecule has 1 aliphatic rings. The SMILES string of the molecule is COc1cc(CCC(=O)N2CCCC(C(F)(F)F)C2)cc(OC)c1. The van der Waals surface area contributed by atoms with Crippen LogP contribution in [0.1, 0.15) is 24.8 Å². The number of alkyl halides is 3. The van der Waals surface area contributed by atoms with Gasteiger partial charge in [-0.2, -0.15) is 13.2 Å². The van der Waals surface area contributed by atoms with Crippen LogP contribution in [0.4, 0.5) is 13.2 Å². The Morgan fingerprint density at radius 3 is 2.38 bits per heavy atom. The van der Waals surface area contributed by atoms with Gasteiger partial charge in [0.15, 0.2) is 0 Å².